The molecule has 5 rings (SSSR count). The molecule has 3 aromatic carbocycles. The fourth-order valence-electron chi connectivity index (χ4n) is 4.84. The SMILES string of the molecule is Cc1ccc(N2CCN(c3ccc(C(C)C)cc3)C(=O)C2)cc1-c1bc2ccccc2n1C. The summed E-state index contributed by atoms with van der Waals surface area (Å²) in [6.45, 7) is 10.7. The number of piperazine rings is 1. The summed E-state index contributed by atoms with van der Waals surface area (Å²) in [5, 5.41) is 1.24. The van der Waals surface area contributed by atoms with Crippen LogP contribution in [0.4, 0.5) is 11.4 Å². The summed E-state index contributed by atoms with van der Waals surface area (Å²) in [6.07, 6.45) is 0. The molecule has 1 amide bonds. The van der Waals surface area contributed by atoms with Gasteiger partial charge in [-0.3, -0.25) is 0 Å². The average Bonchev–Trinajstić information content (AvgIpc) is 3.16. The topological polar surface area (TPSA) is 28.5 Å². The van der Waals surface area contributed by atoms with Crippen LogP contribution in [0.1, 0.15) is 30.9 Å². The van der Waals surface area contributed by atoms with Crippen LogP contribution < -0.4 is 9.80 Å². The number of nitrogens with zero attached hydrogens (tertiary/aromatic N) is 3. The van der Waals surface area contributed by atoms with Crippen molar-refractivity contribution in [3.05, 3.63) is 77.9 Å². The molecule has 0 aliphatic carbocycles. The first-order valence-corrected chi connectivity index (χ1v) is 11.7. The molecule has 1 saturated heterocycles. The number of anilines is 2. The molecule has 0 atom stereocenters. The second-order valence-corrected chi connectivity index (χ2v) is 9.36. The maximum absolute atomic E-state index is 13.1. The van der Waals surface area contributed by atoms with Crippen molar-refractivity contribution in [1.29, 1.82) is 0 Å². The molecule has 0 N–H and O–H groups in total. The molecule has 5 heteroatoms. The summed E-state index contributed by atoms with van der Waals surface area (Å²) >= 11 is 0. The van der Waals surface area contributed by atoms with Crippen molar-refractivity contribution in [3.63, 3.8) is 0 Å². The number of aryl methyl sites for hydroxylation is 2. The van der Waals surface area contributed by atoms with E-state index in [0.29, 0.717) is 19.0 Å². The summed E-state index contributed by atoms with van der Waals surface area (Å²) in [5.41, 5.74) is 8.26. The van der Waals surface area contributed by atoms with E-state index in [9.17, 15) is 4.79 Å². The third-order valence-electron chi connectivity index (χ3n) is 6.91. The number of aromatic nitrogens is 1. The van der Waals surface area contributed by atoms with Crippen molar-refractivity contribution >= 4 is 35.0 Å². The number of fused-ring (bicyclic) bond motifs is 1. The standard InChI is InChI=1S/C28H30BN3O/c1-19(2)21-10-13-22(14-11-21)32-16-15-31(18-27(32)33)23-12-9-20(3)24(17-23)28-29-25-7-5-6-8-26(25)30(28)4/h5-14,17,19H,15-16,18H2,1-4H3. The van der Waals surface area contributed by atoms with Gasteiger partial charge in [-0.2, -0.15) is 0 Å². The number of benzene rings is 3. The van der Waals surface area contributed by atoms with Gasteiger partial charge in [-0.05, 0) is 5.92 Å². The van der Waals surface area contributed by atoms with E-state index in [0.717, 1.165) is 17.9 Å². The molecule has 0 unspecified atom stereocenters. The summed E-state index contributed by atoms with van der Waals surface area (Å²) < 4.78 is 2.26. The van der Waals surface area contributed by atoms with Gasteiger partial charge in [0.1, 0.15) is 0 Å². The van der Waals surface area contributed by atoms with Crippen molar-refractivity contribution in [1.82, 2.24) is 4.57 Å². The van der Waals surface area contributed by atoms with Gasteiger partial charge < -0.3 is 0 Å². The van der Waals surface area contributed by atoms with Crippen LogP contribution in [0.25, 0.3) is 22.0 Å². The van der Waals surface area contributed by atoms with Crippen LogP contribution in [-0.2, 0) is 11.8 Å². The van der Waals surface area contributed by atoms with Gasteiger partial charge in [0.25, 0.3) is 0 Å². The number of carbonyl (C=O) groups excluding carboxylic acids is 1. The van der Waals surface area contributed by atoms with Gasteiger partial charge >= 0.3 is 177 Å². The minimum absolute atomic E-state index is 0.144. The van der Waals surface area contributed by atoms with Gasteiger partial charge in [0.15, 0.2) is 0 Å². The third-order valence-corrected chi connectivity index (χ3v) is 6.91. The Morgan fingerprint density at radius 3 is 2.33 bits per heavy atom. The molecule has 166 valence electrons. The van der Waals surface area contributed by atoms with Crippen molar-refractivity contribution in [2.75, 3.05) is 29.4 Å². The Morgan fingerprint density at radius 2 is 1.64 bits per heavy atom. The Morgan fingerprint density at radius 1 is 0.909 bits per heavy atom. The van der Waals surface area contributed by atoms with E-state index >= 15 is 0 Å². The molecular formula is C28H30BN3O. The summed E-state index contributed by atoms with van der Waals surface area (Å²) in [4.78, 5) is 17.2. The number of hydrogen-bond acceptors (Lipinski definition) is 2. The third kappa shape index (κ3) is 3.97. The van der Waals surface area contributed by atoms with E-state index in [2.05, 4.69) is 111 Å². The van der Waals surface area contributed by atoms with E-state index in [1.165, 1.54) is 33.1 Å². The Balaban J connectivity index is 1.40. The number of carbonyl (C=O) groups is 1. The zero-order valence-electron chi connectivity index (χ0n) is 19.9. The molecule has 4 nitrogen and oxygen atoms in total. The van der Waals surface area contributed by atoms with Crippen LogP contribution in [-0.4, -0.2) is 37.0 Å². The van der Waals surface area contributed by atoms with E-state index in [-0.39, 0.29) is 5.91 Å². The van der Waals surface area contributed by atoms with Crippen molar-refractivity contribution in [3.8, 4) is 11.2 Å². The number of rotatable bonds is 4. The molecule has 0 spiro atoms. The Labute approximate surface area is 196 Å². The molecular weight excluding hydrogens is 405 g/mol. The molecule has 2 heterocycles. The Hall–Kier alpha value is -3.34. The van der Waals surface area contributed by atoms with Gasteiger partial charge in [-0.1, -0.05) is 13.8 Å². The average molecular weight is 435 g/mol. The summed E-state index contributed by atoms with van der Waals surface area (Å²) in [5.74, 6) is 0.634. The van der Waals surface area contributed by atoms with Crippen LogP contribution in [0, 0.1) is 6.92 Å². The van der Waals surface area contributed by atoms with Crippen LogP contribution in [0.2, 0.25) is 0 Å². The van der Waals surface area contributed by atoms with Gasteiger partial charge in [-0.15, -0.1) is 0 Å². The van der Waals surface area contributed by atoms with E-state index < -0.39 is 0 Å². The van der Waals surface area contributed by atoms with Gasteiger partial charge in [0.2, 0.25) is 0 Å². The van der Waals surface area contributed by atoms with E-state index in [1.54, 1.807) is 0 Å². The first kappa shape index (κ1) is 21.5. The number of amides is 1. The predicted molar refractivity (Wildman–Crippen MR) is 140 cm³/mol. The number of hydrogen-bond donors (Lipinski definition) is 0. The molecule has 1 aliphatic rings. The van der Waals surface area contributed by atoms with Crippen LogP contribution in [0.5, 0.6) is 0 Å². The van der Waals surface area contributed by atoms with Crippen LogP contribution in [0.3, 0.4) is 0 Å². The van der Waals surface area contributed by atoms with Crippen molar-refractivity contribution in [2.45, 2.75) is 26.7 Å². The molecule has 0 bridgehead atoms. The molecule has 0 radical (unpaired) electrons. The first-order valence-electron chi connectivity index (χ1n) is 11.7. The fraction of sp³-hybridized carbons (Fsp3) is 0.286. The second-order valence-electron chi connectivity index (χ2n) is 9.36. The molecule has 1 aromatic heterocycles. The normalized spacial score (nSPS) is 14.4. The van der Waals surface area contributed by atoms with Crippen molar-refractivity contribution in [2.24, 2.45) is 7.05 Å². The summed E-state index contributed by atoms with van der Waals surface area (Å²) in [7, 11) is 2.12. The van der Waals surface area contributed by atoms with Gasteiger partial charge in [0, 0.05) is 0 Å². The fourth-order valence-corrected chi connectivity index (χ4v) is 4.84. The van der Waals surface area contributed by atoms with Gasteiger partial charge in [-0.25, -0.2) is 0 Å². The molecule has 1 fully saturated rings. The van der Waals surface area contributed by atoms with Crippen molar-refractivity contribution < 1.29 is 4.79 Å². The second kappa shape index (κ2) is 8.55. The molecule has 4 aromatic rings. The summed E-state index contributed by atoms with van der Waals surface area (Å²) in [6, 6.07) is 23.4. The monoisotopic (exact) mass is 435 g/mol. The minimum atomic E-state index is 0.144. The maximum atomic E-state index is 13.1. The zero-order valence-corrected chi connectivity index (χ0v) is 19.9. The predicted octanol–water partition coefficient (Wildman–Crippen LogP) is 5.47. The van der Waals surface area contributed by atoms with Gasteiger partial charge in [0.05, 0.1) is 0 Å². The first-order chi connectivity index (χ1) is 15.9. The van der Waals surface area contributed by atoms with E-state index in [1.807, 2.05) is 4.90 Å². The number of para-hydroxylation sites is 1. The quantitative estimate of drug-likeness (QED) is 0.426. The Kier molecular flexibility index (Phi) is 5.57. The zero-order chi connectivity index (χ0) is 23.1. The van der Waals surface area contributed by atoms with Crippen LogP contribution in [0.15, 0.2) is 66.7 Å². The molecule has 0 saturated carbocycles. The Bertz CT molecular complexity index is 1320. The van der Waals surface area contributed by atoms with Crippen LogP contribution >= 0.6 is 0 Å². The molecule has 1 aliphatic heterocycles. The molecule has 33 heavy (non-hydrogen) atoms. The van der Waals surface area contributed by atoms with E-state index in [4.69, 9.17) is 0 Å².